The van der Waals surface area contributed by atoms with Gasteiger partial charge in [-0.25, -0.2) is 4.79 Å². The van der Waals surface area contributed by atoms with E-state index >= 15 is 0 Å². The number of nitrogens with zero attached hydrogens (tertiary/aromatic N) is 1. The van der Waals surface area contributed by atoms with Crippen molar-refractivity contribution < 1.29 is 9.59 Å². The van der Waals surface area contributed by atoms with Gasteiger partial charge in [-0.05, 0) is 54.7 Å². The average molecular weight is 351 g/mol. The van der Waals surface area contributed by atoms with Crippen molar-refractivity contribution in [3.8, 4) is 0 Å². The summed E-state index contributed by atoms with van der Waals surface area (Å²) in [5.74, 6) is 0.733. The maximum Gasteiger partial charge on any atom is 0.323 e. The predicted molar refractivity (Wildman–Crippen MR) is 106 cm³/mol. The van der Waals surface area contributed by atoms with Crippen LogP contribution in [0.2, 0.25) is 0 Å². The third kappa shape index (κ3) is 4.42. The van der Waals surface area contributed by atoms with Gasteiger partial charge >= 0.3 is 6.03 Å². The lowest BCUT2D eigenvalue weighted by Crippen LogP contribution is -2.36. The zero-order chi connectivity index (χ0) is 18.5. The quantitative estimate of drug-likeness (QED) is 0.823. The second-order valence-electron chi connectivity index (χ2n) is 7.02. The van der Waals surface area contributed by atoms with Gasteiger partial charge in [0.2, 0.25) is 5.91 Å². The molecule has 0 unspecified atom stereocenters. The number of carbonyl (C=O) groups excluding carboxylic acids is 2. The van der Waals surface area contributed by atoms with Crippen molar-refractivity contribution in [1.29, 1.82) is 0 Å². The van der Waals surface area contributed by atoms with Crippen LogP contribution in [0.4, 0.5) is 21.9 Å². The molecule has 5 heteroatoms. The molecule has 0 saturated heterocycles. The Kier molecular flexibility index (Phi) is 5.56. The second kappa shape index (κ2) is 8.04. The highest BCUT2D eigenvalue weighted by atomic mass is 16.2. The van der Waals surface area contributed by atoms with E-state index < -0.39 is 0 Å². The third-order valence-electron chi connectivity index (χ3n) is 4.50. The van der Waals surface area contributed by atoms with Crippen molar-refractivity contribution in [3.63, 3.8) is 0 Å². The second-order valence-corrected chi connectivity index (χ2v) is 7.02. The van der Waals surface area contributed by atoms with E-state index in [0.717, 1.165) is 35.6 Å². The normalized spacial score (nSPS) is 13.5. The van der Waals surface area contributed by atoms with Crippen LogP contribution < -0.4 is 15.5 Å². The van der Waals surface area contributed by atoms with Crippen molar-refractivity contribution in [1.82, 2.24) is 0 Å². The molecule has 1 aliphatic heterocycles. The molecule has 0 bridgehead atoms. The van der Waals surface area contributed by atoms with Gasteiger partial charge in [0.05, 0.1) is 0 Å². The number of carbonyl (C=O) groups is 2. The van der Waals surface area contributed by atoms with Crippen LogP contribution in [0.5, 0.6) is 0 Å². The molecule has 1 heterocycles. The van der Waals surface area contributed by atoms with Crippen LogP contribution >= 0.6 is 0 Å². The zero-order valence-corrected chi connectivity index (χ0v) is 15.3. The summed E-state index contributed by atoms with van der Waals surface area (Å²) in [7, 11) is 0. The first-order valence-corrected chi connectivity index (χ1v) is 9.09. The molecule has 0 atom stereocenters. The Morgan fingerprint density at radius 1 is 1.04 bits per heavy atom. The van der Waals surface area contributed by atoms with Crippen LogP contribution in [-0.4, -0.2) is 18.5 Å². The van der Waals surface area contributed by atoms with E-state index in [9.17, 15) is 9.59 Å². The zero-order valence-electron chi connectivity index (χ0n) is 15.3. The molecule has 0 radical (unpaired) electrons. The van der Waals surface area contributed by atoms with Crippen LogP contribution in [0.1, 0.15) is 32.3 Å². The highest BCUT2D eigenvalue weighted by molar-refractivity contribution is 6.01. The molecule has 0 spiro atoms. The molecule has 3 amide bonds. The topological polar surface area (TPSA) is 61.4 Å². The van der Waals surface area contributed by atoms with Gasteiger partial charge in [0, 0.05) is 30.0 Å². The highest BCUT2D eigenvalue weighted by Gasteiger charge is 2.24. The predicted octanol–water partition coefficient (Wildman–Crippen LogP) is 4.66. The van der Waals surface area contributed by atoms with E-state index in [4.69, 9.17) is 0 Å². The fourth-order valence-electron chi connectivity index (χ4n) is 3.09. The Hall–Kier alpha value is -2.82. The van der Waals surface area contributed by atoms with Gasteiger partial charge in [0.1, 0.15) is 0 Å². The Morgan fingerprint density at radius 2 is 1.77 bits per heavy atom. The molecule has 0 aromatic heterocycles. The summed E-state index contributed by atoms with van der Waals surface area (Å²) in [5, 5.41) is 5.67. The maximum absolute atomic E-state index is 12.3. The van der Waals surface area contributed by atoms with E-state index in [1.54, 1.807) is 0 Å². The number of hydrogen-bond acceptors (Lipinski definition) is 2. The lowest BCUT2D eigenvalue weighted by Gasteiger charge is -2.30. The van der Waals surface area contributed by atoms with Gasteiger partial charge in [-0.2, -0.15) is 0 Å². The average Bonchev–Trinajstić information content (AvgIpc) is 2.61. The first kappa shape index (κ1) is 18.0. The number of fused-ring (bicyclic) bond motifs is 1. The van der Waals surface area contributed by atoms with Crippen LogP contribution in [0.3, 0.4) is 0 Å². The van der Waals surface area contributed by atoms with Crippen LogP contribution in [0.15, 0.2) is 48.5 Å². The summed E-state index contributed by atoms with van der Waals surface area (Å²) in [6.45, 7) is 5.06. The first-order chi connectivity index (χ1) is 12.5. The molecule has 2 aromatic carbocycles. The summed E-state index contributed by atoms with van der Waals surface area (Å²) in [6.07, 6.45) is 2.21. The number of benzene rings is 2. The molecule has 3 rings (SSSR count). The van der Waals surface area contributed by atoms with Gasteiger partial charge in [0.15, 0.2) is 0 Å². The third-order valence-corrected chi connectivity index (χ3v) is 4.50. The van der Waals surface area contributed by atoms with Gasteiger partial charge in [0.25, 0.3) is 0 Å². The molecule has 0 aliphatic carbocycles. The van der Waals surface area contributed by atoms with Crippen molar-refractivity contribution in [3.05, 3.63) is 54.1 Å². The van der Waals surface area contributed by atoms with E-state index in [1.165, 1.54) is 0 Å². The lowest BCUT2D eigenvalue weighted by molar-refractivity contribution is -0.118. The number of hydrogen-bond donors (Lipinski definition) is 2. The summed E-state index contributed by atoms with van der Waals surface area (Å²) in [4.78, 5) is 26.3. The van der Waals surface area contributed by atoms with Crippen molar-refractivity contribution in [2.75, 3.05) is 22.1 Å². The van der Waals surface area contributed by atoms with E-state index in [1.807, 2.05) is 53.4 Å². The van der Waals surface area contributed by atoms with Crippen LogP contribution in [0, 0.1) is 5.92 Å². The number of rotatable bonds is 5. The van der Waals surface area contributed by atoms with Crippen LogP contribution in [-0.2, 0) is 11.2 Å². The Bertz CT molecular complexity index is 787. The smallest absolute Gasteiger partial charge is 0.312 e. The van der Waals surface area contributed by atoms with Crippen molar-refractivity contribution in [2.24, 2.45) is 5.92 Å². The van der Waals surface area contributed by atoms with Gasteiger partial charge in [-0.1, -0.05) is 32.0 Å². The molecule has 26 heavy (non-hydrogen) atoms. The number of urea groups is 1. The minimum Gasteiger partial charge on any atom is -0.312 e. The number of amides is 3. The molecule has 2 N–H and O–H groups in total. The SMILES string of the molecule is CC(C)CCN1C(=O)CCc2cc(NC(=O)Nc3ccccc3)ccc21. The number of aryl methyl sites for hydroxylation is 1. The minimum absolute atomic E-state index is 0.181. The Labute approximate surface area is 154 Å². The number of anilines is 3. The fourth-order valence-corrected chi connectivity index (χ4v) is 3.09. The molecular weight excluding hydrogens is 326 g/mol. The minimum atomic E-state index is -0.278. The summed E-state index contributed by atoms with van der Waals surface area (Å²) in [5.41, 5.74) is 3.55. The van der Waals surface area contributed by atoms with E-state index in [2.05, 4.69) is 24.5 Å². The Balaban J connectivity index is 1.70. The van der Waals surface area contributed by atoms with Crippen LogP contribution in [0.25, 0.3) is 0 Å². The molecule has 2 aromatic rings. The number of para-hydroxylation sites is 1. The maximum atomic E-state index is 12.3. The monoisotopic (exact) mass is 351 g/mol. The molecular formula is C21H25N3O2. The van der Waals surface area contributed by atoms with Gasteiger partial charge in [-0.15, -0.1) is 0 Å². The fraction of sp³-hybridized carbons (Fsp3) is 0.333. The molecule has 1 aliphatic rings. The van der Waals surface area contributed by atoms with E-state index in [-0.39, 0.29) is 11.9 Å². The van der Waals surface area contributed by atoms with Crippen molar-refractivity contribution >= 4 is 29.0 Å². The van der Waals surface area contributed by atoms with E-state index in [0.29, 0.717) is 18.8 Å². The summed E-state index contributed by atoms with van der Waals surface area (Å²) >= 11 is 0. The Morgan fingerprint density at radius 3 is 2.50 bits per heavy atom. The van der Waals surface area contributed by atoms with Gasteiger partial charge in [-0.3, -0.25) is 4.79 Å². The summed E-state index contributed by atoms with van der Waals surface area (Å²) < 4.78 is 0. The summed E-state index contributed by atoms with van der Waals surface area (Å²) in [6, 6.07) is 14.8. The van der Waals surface area contributed by atoms with Crippen molar-refractivity contribution in [2.45, 2.75) is 33.1 Å². The molecule has 0 fully saturated rings. The standard InChI is InChI=1S/C21H25N3O2/c1-15(2)12-13-24-19-10-9-18(14-16(19)8-11-20(24)25)23-21(26)22-17-6-4-3-5-7-17/h3-7,9-10,14-15H,8,11-13H2,1-2H3,(H2,22,23,26). The first-order valence-electron chi connectivity index (χ1n) is 9.09. The van der Waals surface area contributed by atoms with Gasteiger partial charge < -0.3 is 15.5 Å². The number of nitrogens with one attached hydrogen (secondary N) is 2. The molecule has 5 nitrogen and oxygen atoms in total. The largest absolute Gasteiger partial charge is 0.323 e. The molecule has 136 valence electrons. The highest BCUT2D eigenvalue weighted by Crippen LogP contribution is 2.31. The molecule has 0 saturated carbocycles. The lowest BCUT2D eigenvalue weighted by atomic mass is 9.99.